The standard InChI is InChI=1S/C23H25N3O6S/c27-19(28)8-9-20(29)32-18-11-17(16-7-4-10-26(18)12-16)13-31-23(30)25-22-21(33-14-24-22)15-5-2-1-3-6-15/h1-3,5-6,8-9,14,16-18H,4,7,10-13H2,(H,25,30)(H,27,28)/b9-8+. The molecule has 2 aliphatic rings. The first-order chi connectivity index (χ1) is 16.0. The van der Waals surface area contributed by atoms with Crippen molar-refractivity contribution < 1.29 is 29.0 Å². The molecule has 2 aliphatic heterocycles. The van der Waals surface area contributed by atoms with E-state index in [0.717, 1.165) is 48.5 Å². The third kappa shape index (κ3) is 5.96. The summed E-state index contributed by atoms with van der Waals surface area (Å²) in [6.07, 6.45) is 3.15. The van der Waals surface area contributed by atoms with Crippen molar-refractivity contribution in [3.8, 4) is 10.4 Å². The zero-order chi connectivity index (χ0) is 23.2. The predicted octanol–water partition coefficient (Wildman–Crippen LogP) is 3.60. The van der Waals surface area contributed by atoms with Crippen molar-refractivity contribution in [2.24, 2.45) is 11.8 Å². The average Bonchev–Trinajstić information content (AvgIpc) is 3.27. The number of thiazole rings is 1. The molecule has 2 saturated heterocycles. The van der Waals surface area contributed by atoms with Crippen LogP contribution in [-0.4, -0.2) is 58.9 Å². The number of aliphatic carboxylic acids is 1. The number of fused-ring (bicyclic) bond motifs is 2. The highest BCUT2D eigenvalue weighted by atomic mass is 32.1. The number of rotatable bonds is 7. The molecule has 1 aromatic heterocycles. The molecule has 2 N–H and O–H groups in total. The quantitative estimate of drug-likeness (QED) is 0.465. The van der Waals surface area contributed by atoms with E-state index >= 15 is 0 Å². The number of carbonyl (C=O) groups is 3. The van der Waals surface area contributed by atoms with Crippen LogP contribution in [0.1, 0.15) is 19.3 Å². The van der Waals surface area contributed by atoms with Crippen molar-refractivity contribution in [3.63, 3.8) is 0 Å². The van der Waals surface area contributed by atoms with Crippen molar-refractivity contribution in [3.05, 3.63) is 48.0 Å². The summed E-state index contributed by atoms with van der Waals surface area (Å²) in [6.45, 7) is 1.77. The van der Waals surface area contributed by atoms with Crippen molar-refractivity contribution in [1.29, 1.82) is 0 Å². The molecule has 174 valence electrons. The number of carboxylic acids is 1. The molecule has 0 saturated carbocycles. The van der Waals surface area contributed by atoms with Gasteiger partial charge in [-0.1, -0.05) is 30.3 Å². The maximum absolute atomic E-state index is 12.5. The summed E-state index contributed by atoms with van der Waals surface area (Å²) in [6, 6.07) is 9.68. The fraction of sp³-hybridized carbons (Fsp3) is 0.391. The molecule has 4 rings (SSSR count). The summed E-state index contributed by atoms with van der Waals surface area (Å²) >= 11 is 1.44. The minimum Gasteiger partial charge on any atom is -0.478 e. The monoisotopic (exact) mass is 471 g/mol. The van der Waals surface area contributed by atoms with E-state index in [4.69, 9.17) is 14.6 Å². The Morgan fingerprint density at radius 2 is 2.06 bits per heavy atom. The fourth-order valence-electron chi connectivity index (χ4n) is 4.37. The SMILES string of the molecule is O=C(O)/C=C/C(=O)OC1CC(COC(=O)Nc2ncsc2-c2ccccc2)C2CCCN1C2. The third-order valence-corrected chi connectivity index (χ3v) is 6.81. The van der Waals surface area contributed by atoms with E-state index in [-0.39, 0.29) is 12.5 Å². The summed E-state index contributed by atoms with van der Waals surface area (Å²) in [4.78, 5) is 42.3. The van der Waals surface area contributed by atoms with Gasteiger partial charge < -0.3 is 14.6 Å². The van der Waals surface area contributed by atoms with E-state index in [0.29, 0.717) is 18.2 Å². The normalized spacial score (nSPS) is 24.2. The molecule has 2 aromatic rings. The second-order valence-corrected chi connectivity index (χ2v) is 8.93. The molecule has 4 atom stereocenters. The highest BCUT2D eigenvalue weighted by molar-refractivity contribution is 7.13. The lowest BCUT2D eigenvalue weighted by atomic mass is 9.79. The van der Waals surface area contributed by atoms with Crippen LogP contribution in [-0.2, 0) is 19.1 Å². The summed E-state index contributed by atoms with van der Waals surface area (Å²) in [5.74, 6) is -1.06. The van der Waals surface area contributed by atoms with Gasteiger partial charge in [-0.05, 0) is 24.3 Å². The topological polar surface area (TPSA) is 118 Å². The summed E-state index contributed by atoms with van der Waals surface area (Å²) in [5, 5.41) is 11.4. The lowest BCUT2D eigenvalue weighted by Gasteiger charge is -2.46. The minimum absolute atomic E-state index is 0.0394. The lowest BCUT2D eigenvalue weighted by Crippen LogP contribution is -2.53. The number of carbonyl (C=O) groups excluding carboxylic acids is 2. The van der Waals surface area contributed by atoms with E-state index in [1.165, 1.54) is 11.3 Å². The Morgan fingerprint density at radius 1 is 1.24 bits per heavy atom. The Labute approximate surface area is 195 Å². The highest BCUT2D eigenvalue weighted by Gasteiger charge is 2.40. The average molecular weight is 472 g/mol. The lowest BCUT2D eigenvalue weighted by molar-refractivity contribution is -0.166. The number of benzene rings is 1. The van der Waals surface area contributed by atoms with Gasteiger partial charge in [-0.25, -0.2) is 19.4 Å². The first-order valence-electron chi connectivity index (χ1n) is 10.8. The zero-order valence-corrected chi connectivity index (χ0v) is 18.7. The van der Waals surface area contributed by atoms with Gasteiger partial charge in [0, 0.05) is 37.6 Å². The number of nitrogens with zero attached hydrogens (tertiary/aromatic N) is 2. The van der Waals surface area contributed by atoms with Gasteiger partial charge in [-0.2, -0.15) is 0 Å². The molecule has 9 nitrogen and oxygen atoms in total. The van der Waals surface area contributed by atoms with Gasteiger partial charge in [0.05, 0.1) is 17.0 Å². The van der Waals surface area contributed by atoms with Gasteiger partial charge in [0.25, 0.3) is 0 Å². The van der Waals surface area contributed by atoms with Gasteiger partial charge in [0.2, 0.25) is 0 Å². The smallest absolute Gasteiger partial charge is 0.412 e. The zero-order valence-electron chi connectivity index (χ0n) is 17.9. The van der Waals surface area contributed by atoms with Crippen LogP contribution in [0.2, 0.25) is 0 Å². The fourth-order valence-corrected chi connectivity index (χ4v) is 5.12. The van der Waals surface area contributed by atoms with Gasteiger partial charge in [0.1, 0.15) is 0 Å². The Kier molecular flexibility index (Phi) is 7.36. The number of nitrogens with one attached hydrogen (secondary N) is 1. The van der Waals surface area contributed by atoms with Crippen LogP contribution >= 0.6 is 11.3 Å². The van der Waals surface area contributed by atoms with Gasteiger partial charge >= 0.3 is 18.0 Å². The molecule has 0 aliphatic carbocycles. The Hall–Kier alpha value is -3.24. The first-order valence-corrected chi connectivity index (χ1v) is 11.7. The molecule has 0 spiro atoms. The number of hydrogen-bond donors (Lipinski definition) is 2. The van der Waals surface area contributed by atoms with Crippen LogP contribution in [0.15, 0.2) is 48.0 Å². The van der Waals surface area contributed by atoms with Crippen LogP contribution in [0.25, 0.3) is 10.4 Å². The van der Waals surface area contributed by atoms with Crippen molar-refractivity contribution in [2.45, 2.75) is 25.5 Å². The van der Waals surface area contributed by atoms with E-state index in [1.54, 1.807) is 5.51 Å². The van der Waals surface area contributed by atoms with E-state index in [9.17, 15) is 14.4 Å². The van der Waals surface area contributed by atoms with Crippen LogP contribution in [0.3, 0.4) is 0 Å². The van der Waals surface area contributed by atoms with Crippen LogP contribution in [0, 0.1) is 11.8 Å². The molecule has 3 heterocycles. The molecule has 33 heavy (non-hydrogen) atoms. The minimum atomic E-state index is -1.21. The van der Waals surface area contributed by atoms with E-state index in [1.807, 2.05) is 30.3 Å². The third-order valence-electron chi connectivity index (χ3n) is 5.93. The number of aromatic nitrogens is 1. The number of ether oxygens (including phenoxy) is 2. The number of carboxylic acid groups (broad SMARTS) is 1. The Bertz CT molecular complexity index is 1020. The summed E-state index contributed by atoms with van der Waals surface area (Å²) < 4.78 is 11.0. The number of anilines is 1. The van der Waals surface area contributed by atoms with Crippen molar-refractivity contribution >= 4 is 35.2 Å². The number of esters is 1. The number of amides is 1. The molecular formula is C23H25N3O6S. The van der Waals surface area contributed by atoms with E-state index in [2.05, 4.69) is 15.2 Å². The molecule has 2 fully saturated rings. The maximum atomic E-state index is 12.5. The summed E-state index contributed by atoms with van der Waals surface area (Å²) in [7, 11) is 0. The predicted molar refractivity (Wildman–Crippen MR) is 122 cm³/mol. The Balaban J connectivity index is 1.34. The van der Waals surface area contributed by atoms with Gasteiger partial charge in [-0.15, -0.1) is 11.3 Å². The molecule has 1 amide bonds. The molecule has 0 radical (unpaired) electrons. The highest BCUT2D eigenvalue weighted by Crippen LogP contribution is 2.36. The van der Waals surface area contributed by atoms with Gasteiger partial charge in [-0.3, -0.25) is 10.2 Å². The first kappa shape index (κ1) is 22.9. The largest absolute Gasteiger partial charge is 0.478 e. The second kappa shape index (κ2) is 10.6. The van der Waals surface area contributed by atoms with Crippen LogP contribution in [0.4, 0.5) is 10.6 Å². The second-order valence-electron chi connectivity index (χ2n) is 8.08. The van der Waals surface area contributed by atoms with E-state index < -0.39 is 24.3 Å². The molecule has 10 heteroatoms. The van der Waals surface area contributed by atoms with Crippen molar-refractivity contribution in [2.75, 3.05) is 25.0 Å². The summed E-state index contributed by atoms with van der Waals surface area (Å²) in [5.41, 5.74) is 2.64. The van der Waals surface area contributed by atoms with Gasteiger partial charge in [0.15, 0.2) is 12.0 Å². The Morgan fingerprint density at radius 3 is 2.85 bits per heavy atom. The van der Waals surface area contributed by atoms with Crippen LogP contribution in [0.5, 0.6) is 0 Å². The number of piperidine rings is 2. The van der Waals surface area contributed by atoms with Crippen LogP contribution < -0.4 is 5.32 Å². The molecule has 4 unspecified atom stereocenters. The number of hydrogen-bond acceptors (Lipinski definition) is 8. The molecule has 2 bridgehead atoms. The molecule has 1 aromatic carbocycles. The maximum Gasteiger partial charge on any atom is 0.412 e. The van der Waals surface area contributed by atoms with Crippen molar-refractivity contribution in [1.82, 2.24) is 9.88 Å². The molecular weight excluding hydrogens is 446 g/mol.